The van der Waals surface area contributed by atoms with Crippen molar-refractivity contribution in [3.8, 4) is 0 Å². The molecule has 60 heavy (non-hydrogen) atoms. The molecule has 0 aromatic heterocycles. The van der Waals surface area contributed by atoms with Gasteiger partial charge in [0.05, 0.1) is 38.3 Å². The Kier molecular flexibility index (Phi) is 14.6. The molecule has 14 nitrogen and oxygen atoms in total. The topological polar surface area (TPSA) is 189 Å². The fraction of sp³-hybridized carbons (Fsp3) is 0.609. The van der Waals surface area contributed by atoms with Crippen LogP contribution in [0.4, 0.5) is 5.69 Å². The monoisotopic (exact) mass is 835 g/mol. The molecule has 6 saturated heterocycles. The van der Waals surface area contributed by atoms with Crippen molar-refractivity contribution in [2.75, 3.05) is 46.6 Å². The fourth-order valence-electron chi connectivity index (χ4n) is 9.64. The van der Waals surface area contributed by atoms with Crippen LogP contribution in [0.5, 0.6) is 0 Å². The number of aliphatic hydroxyl groups excluding tert-OH is 5. The van der Waals surface area contributed by atoms with Gasteiger partial charge in [-0.15, -0.1) is 0 Å². The van der Waals surface area contributed by atoms with Crippen molar-refractivity contribution in [2.24, 2.45) is 0 Å². The van der Waals surface area contributed by atoms with Gasteiger partial charge in [-0.1, -0.05) is 30.3 Å². The quantitative estimate of drug-likeness (QED) is 0.128. The van der Waals surface area contributed by atoms with Gasteiger partial charge in [0, 0.05) is 37.5 Å². The summed E-state index contributed by atoms with van der Waals surface area (Å²) in [6.45, 7) is 6.58. The van der Waals surface area contributed by atoms with E-state index in [0.717, 1.165) is 36.4 Å². The van der Waals surface area contributed by atoms with Crippen LogP contribution in [-0.4, -0.2) is 150 Å². The second-order valence-corrected chi connectivity index (χ2v) is 16.9. The van der Waals surface area contributed by atoms with E-state index in [9.17, 15) is 30.3 Å². The van der Waals surface area contributed by atoms with Crippen LogP contribution < -0.4 is 5.32 Å². The third kappa shape index (κ3) is 9.01. The zero-order valence-corrected chi connectivity index (χ0v) is 35.2. The van der Waals surface area contributed by atoms with Crippen LogP contribution in [0.25, 0.3) is 10.8 Å². The summed E-state index contributed by atoms with van der Waals surface area (Å²) in [6, 6.07) is 12.7. The third-order valence-electron chi connectivity index (χ3n) is 12.7. The molecule has 10 atom stereocenters. The van der Waals surface area contributed by atoms with Gasteiger partial charge in [-0.05, 0) is 93.4 Å². The van der Waals surface area contributed by atoms with Gasteiger partial charge in [-0.25, -0.2) is 0 Å². The molecular formula is C46H63N2O12+. The molecule has 0 radical (unpaired) electrons. The lowest BCUT2D eigenvalue weighted by atomic mass is 9.78. The van der Waals surface area contributed by atoms with Gasteiger partial charge in [-0.3, -0.25) is 4.79 Å². The highest BCUT2D eigenvalue weighted by Gasteiger charge is 2.52. The normalized spacial score (nSPS) is 32.6. The molecule has 0 spiro atoms. The van der Waals surface area contributed by atoms with Crippen molar-refractivity contribution in [2.45, 2.75) is 132 Å². The first-order valence-corrected chi connectivity index (χ1v) is 21.5. The number of carbonyl (C=O) groups excluding carboxylic acids is 1. The lowest BCUT2D eigenvalue weighted by Crippen LogP contribution is -2.65. The average Bonchev–Trinajstić information content (AvgIpc) is 3.49. The molecule has 7 heterocycles. The van der Waals surface area contributed by atoms with Crippen LogP contribution in [-0.2, 0) is 38.6 Å². The first kappa shape index (κ1) is 44.5. The van der Waals surface area contributed by atoms with E-state index in [-0.39, 0.29) is 31.0 Å². The average molecular weight is 836 g/mol. The molecule has 4 bridgehead atoms. The molecule has 6 fully saturated rings. The Balaban J connectivity index is 1.02. The molecule has 2 aromatic carbocycles. The van der Waals surface area contributed by atoms with Gasteiger partial charge in [0.25, 0.3) is 0 Å². The maximum absolute atomic E-state index is 13.4. The maximum atomic E-state index is 13.4. The highest BCUT2D eigenvalue weighted by atomic mass is 16.7. The van der Waals surface area contributed by atoms with Gasteiger partial charge in [0.1, 0.15) is 54.6 Å². The fourth-order valence-corrected chi connectivity index (χ4v) is 9.64. The molecule has 8 aliphatic rings. The van der Waals surface area contributed by atoms with E-state index in [0.29, 0.717) is 32.4 Å². The number of ether oxygens (including phenoxy) is 6. The van der Waals surface area contributed by atoms with Gasteiger partial charge in [0.2, 0.25) is 11.6 Å². The lowest BCUT2D eigenvalue weighted by Gasteiger charge is -2.47. The Bertz CT molecular complexity index is 1960. The Morgan fingerprint density at radius 1 is 0.950 bits per heavy atom. The smallest absolute Gasteiger partial charge is 0.226 e. The predicted octanol–water partition coefficient (Wildman–Crippen LogP) is 3.21. The van der Waals surface area contributed by atoms with Gasteiger partial charge in [0.15, 0.2) is 18.5 Å². The van der Waals surface area contributed by atoms with Crippen molar-refractivity contribution in [3.63, 3.8) is 0 Å². The number of nitrogens with zero attached hydrogens (tertiary/aromatic N) is 1. The van der Waals surface area contributed by atoms with Crippen LogP contribution in [0.2, 0.25) is 0 Å². The Morgan fingerprint density at radius 3 is 2.50 bits per heavy atom. The van der Waals surface area contributed by atoms with Crippen LogP contribution in [0.1, 0.15) is 71.3 Å². The lowest BCUT2D eigenvalue weighted by molar-refractivity contribution is -0.436. The maximum Gasteiger partial charge on any atom is 0.226 e. The molecule has 328 valence electrons. The second kappa shape index (κ2) is 19.7. The predicted molar refractivity (Wildman–Crippen MR) is 223 cm³/mol. The highest BCUT2D eigenvalue weighted by Crippen LogP contribution is 2.45. The summed E-state index contributed by atoms with van der Waals surface area (Å²) in [7, 11) is 1.73. The van der Waals surface area contributed by atoms with Crippen molar-refractivity contribution in [3.05, 3.63) is 77.1 Å². The molecule has 7 aliphatic heterocycles. The largest absolute Gasteiger partial charge is 0.496 e. The number of rotatable bonds is 13. The molecule has 14 heteroatoms. The number of carbonyl (C=O) groups is 1. The second-order valence-electron chi connectivity index (χ2n) is 16.9. The summed E-state index contributed by atoms with van der Waals surface area (Å²) in [5, 5.41) is 58.9. The van der Waals surface area contributed by atoms with Crippen molar-refractivity contribution >= 4 is 28.1 Å². The van der Waals surface area contributed by atoms with E-state index in [1.807, 2.05) is 0 Å². The summed E-state index contributed by atoms with van der Waals surface area (Å²) in [5.41, 5.74) is 5.46. The number of benzene rings is 2. The molecule has 0 saturated carbocycles. The Hall–Kier alpha value is -3.54. The van der Waals surface area contributed by atoms with Gasteiger partial charge in [-0.2, -0.15) is 4.58 Å². The number of nitrogens with one attached hydrogen (secondary N) is 1. The number of allylic oxidation sites excluding steroid dienone is 5. The number of hydrogen-bond acceptors (Lipinski definition) is 12. The van der Waals surface area contributed by atoms with Crippen molar-refractivity contribution in [1.29, 1.82) is 0 Å². The minimum atomic E-state index is -1.42. The SMILES string of the molecule is C/C=C1\CCCC(/C=C/C2=[N+](CCC(=O)NCCCO[C@H]3[C@H]4OC5[C@@H](CO)O[C@H](CCCO[C@@H]([C@@H]3O)[C@@H](CO)O4)[C@H](O)[C@H]5O)c3ccc4ccccc4c3C2(C)C)=C1OC. The summed E-state index contributed by atoms with van der Waals surface area (Å²) in [6.07, 6.45) is -0.396. The first-order valence-electron chi connectivity index (χ1n) is 21.5. The van der Waals surface area contributed by atoms with E-state index in [1.54, 1.807) is 7.11 Å². The number of fused-ring (bicyclic) bond motifs is 3. The van der Waals surface area contributed by atoms with Crippen LogP contribution in [0.15, 0.2) is 71.5 Å². The molecule has 1 unspecified atom stereocenters. The van der Waals surface area contributed by atoms with Crippen LogP contribution in [0, 0.1) is 0 Å². The number of hydrogen-bond donors (Lipinski definition) is 6. The molecule has 6 N–H and O–H groups in total. The molecular weight excluding hydrogens is 773 g/mol. The summed E-state index contributed by atoms with van der Waals surface area (Å²) in [5.74, 6) is 0.821. The first-order chi connectivity index (χ1) is 29.0. The van der Waals surface area contributed by atoms with Crippen LogP contribution >= 0.6 is 0 Å². The number of amides is 1. The van der Waals surface area contributed by atoms with Crippen molar-refractivity contribution in [1.82, 2.24) is 5.32 Å². The summed E-state index contributed by atoms with van der Waals surface area (Å²) in [4.78, 5) is 13.4. The van der Waals surface area contributed by atoms with E-state index in [2.05, 4.69) is 85.3 Å². The highest BCUT2D eigenvalue weighted by molar-refractivity contribution is 6.07. The summed E-state index contributed by atoms with van der Waals surface area (Å²) < 4.78 is 38.3. The summed E-state index contributed by atoms with van der Waals surface area (Å²) >= 11 is 0. The van der Waals surface area contributed by atoms with E-state index < -0.39 is 74.4 Å². The third-order valence-corrected chi connectivity index (χ3v) is 12.7. The van der Waals surface area contributed by atoms with Gasteiger partial charge < -0.3 is 59.3 Å². The number of aliphatic hydroxyl groups is 5. The molecule has 10 rings (SSSR count). The minimum Gasteiger partial charge on any atom is -0.496 e. The molecule has 1 aliphatic carbocycles. The Labute approximate surface area is 352 Å². The van der Waals surface area contributed by atoms with E-state index in [4.69, 9.17) is 28.4 Å². The number of methoxy groups -OCH3 is 1. The zero-order valence-electron chi connectivity index (χ0n) is 35.2. The van der Waals surface area contributed by atoms with Crippen molar-refractivity contribution < 1.29 is 63.3 Å². The molecule has 2 aromatic rings. The van der Waals surface area contributed by atoms with E-state index >= 15 is 0 Å². The van der Waals surface area contributed by atoms with Crippen LogP contribution in [0.3, 0.4) is 0 Å². The van der Waals surface area contributed by atoms with E-state index in [1.165, 1.54) is 27.5 Å². The minimum absolute atomic E-state index is 0.0946. The standard InChI is InChI=1S/C46H62N2O12/c1-5-27-12-8-13-29(41(27)55-4)17-19-35-46(2,3)37-30-14-7-6-11-28(30)16-18-31(37)48(35)22-20-36(51)47-21-10-24-57-44-40(54)42-33(25-49)59-45(44)60-43-34(26-50)58-32(15-9-23-56-42)38(52)39(43)53/h5-7,11,14,16-19,32-34,38-40,42-45,49-50,52-54H,8-10,12-13,15,20-26H2,1-4H3/p+1/b19-17+,27-5+/t32-,33-,34-,38+,39-,40+,42-,43?,44-,45-/m1/s1. The van der Waals surface area contributed by atoms with Gasteiger partial charge >= 0.3 is 0 Å². The molecule has 1 amide bonds. The Morgan fingerprint density at radius 2 is 1.73 bits per heavy atom. The zero-order chi connectivity index (χ0) is 42.6.